The van der Waals surface area contributed by atoms with Crippen LogP contribution in [0.3, 0.4) is 0 Å². The first-order chi connectivity index (χ1) is 14.6. The predicted molar refractivity (Wildman–Crippen MR) is 113 cm³/mol. The minimum Gasteiger partial charge on any atom is -0.485 e. The number of carbonyl (C=O) groups is 2. The van der Waals surface area contributed by atoms with Gasteiger partial charge in [0.2, 0.25) is 5.78 Å². The molecule has 2 aromatic carbocycles. The number of hydrogen-bond donors (Lipinski definition) is 0. The minimum absolute atomic E-state index is 0.213. The second kappa shape index (κ2) is 7.31. The first-order valence-corrected chi connectivity index (χ1v) is 10.3. The number of esters is 1. The molecule has 3 heterocycles. The van der Waals surface area contributed by atoms with Crippen molar-refractivity contribution < 1.29 is 23.8 Å². The highest BCUT2D eigenvalue weighted by molar-refractivity contribution is 7.12. The van der Waals surface area contributed by atoms with Crippen LogP contribution in [0, 0.1) is 0 Å². The third-order valence-corrected chi connectivity index (χ3v) is 5.74. The summed E-state index contributed by atoms with van der Waals surface area (Å²) in [5, 5.41) is 1.81. The van der Waals surface area contributed by atoms with Crippen LogP contribution in [-0.4, -0.2) is 17.9 Å². The van der Waals surface area contributed by atoms with Crippen molar-refractivity contribution in [3.05, 3.63) is 93.4 Å². The zero-order valence-corrected chi connectivity index (χ0v) is 16.8. The van der Waals surface area contributed by atoms with Crippen LogP contribution in [0.2, 0.25) is 0 Å². The molecule has 6 heteroatoms. The fourth-order valence-corrected chi connectivity index (χ4v) is 3.95. The first-order valence-electron chi connectivity index (χ1n) is 9.40. The van der Waals surface area contributed by atoms with Gasteiger partial charge in [-0.05, 0) is 54.3 Å². The first kappa shape index (κ1) is 18.4. The maximum Gasteiger partial charge on any atom is 0.353 e. The summed E-state index contributed by atoms with van der Waals surface area (Å²) >= 11 is 1.30. The Kier molecular flexibility index (Phi) is 4.48. The van der Waals surface area contributed by atoms with E-state index in [9.17, 15) is 9.59 Å². The maximum absolute atomic E-state index is 12.8. The third kappa shape index (κ3) is 3.31. The molecule has 0 N–H and O–H groups in total. The second-order valence-corrected chi connectivity index (χ2v) is 7.85. The highest BCUT2D eigenvalue weighted by atomic mass is 32.1. The average Bonchev–Trinajstić information content (AvgIpc) is 3.38. The molecule has 0 saturated carbocycles. The Labute approximate surface area is 176 Å². The predicted octanol–water partition coefficient (Wildman–Crippen LogP) is 5.29. The van der Waals surface area contributed by atoms with Crippen molar-refractivity contribution in [1.29, 1.82) is 0 Å². The fraction of sp³-hybridized carbons (Fsp3) is 0.0833. The van der Waals surface area contributed by atoms with Crippen LogP contribution in [0.1, 0.15) is 32.5 Å². The van der Waals surface area contributed by atoms with Crippen molar-refractivity contribution in [3.63, 3.8) is 0 Å². The van der Waals surface area contributed by atoms with Crippen molar-refractivity contribution in [2.75, 3.05) is 0 Å². The molecular formula is C24H16O5S. The molecule has 148 valence electrons. The van der Waals surface area contributed by atoms with E-state index in [4.69, 9.17) is 14.2 Å². The number of benzene rings is 2. The summed E-state index contributed by atoms with van der Waals surface area (Å²) in [6.07, 6.45) is 3.49. The molecule has 1 atom stereocenters. The van der Waals surface area contributed by atoms with Gasteiger partial charge in [0.25, 0.3) is 0 Å². The summed E-state index contributed by atoms with van der Waals surface area (Å²) in [7, 11) is 0. The lowest BCUT2D eigenvalue weighted by atomic mass is 10.0. The lowest BCUT2D eigenvalue weighted by Gasteiger charge is -2.22. The van der Waals surface area contributed by atoms with Gasteiger partial charge in [0, 0.05) is 11.6 Å². The molecule has 30 heavy (non-hydrogen) atoms. The number of thiophene rings is 1. The lowest BCUT2D eigenvalue weighted by molar-refractivity contribution is 0.0739. The zero-order chi connectivity index (χ0) is 20.7. The summed E-state index contributed by atoms with van der Waals surface area (Å²) in [4.78, 5) is 25.4. The standard InChI is InChI=1S/C24H16O5S/c1-14-16(11-15-5-2-3-6-19(15)27-14)12-21-23(25)18-9-8-17(13-20(18)29-21)28-24(26)22-7-4-10-30-22/h2-14H,1H3/b21-12-. The number of allylic oxidation sites excluding steroid dienone is 1. The summed E-state index contributed by atoms with van der Waals surface area (Å²) < 4.78 is 17.1. The number of ether oxygens (including phenoxy) is 3. The van der Waals surface area contributed by atoms with Crippen molar-refractivity contribution >= 4 is 29.2 Å². The van der Waals surface area contributed by atoms with E-state index < -0.39 is 5.97 Å². The lowest BCUT2D eigenvalue weighted by Crippen LogP contribution is -2.18. The largest absolute Gasteiger partial charge is 0.485 e. The van der Waals surface area contributed by atoms with E-state index in [1.54, 1.807) is 41.8 Å². The molecule has 1 unspecified atom stereocenters. The van der Waals surface area contributed by atoms with Gasteiger partial charge in [-0.1, -0.05) is 24.3 Å². The normalized spacial score (nSPS) is 18.2. The van der Waals surface area contributed by atoms with Gasteiger partial charge in [-0.25, -0.2) is 4.79 Å². The van der Waals surface area contributed by atoms with Gasteiger partial charge in [0.05, 0.1) is 5.56 Å². The Bertz CT molecular complexity index is 1220. The van der Waals surface area contributed by atoms with E-state index in [0.717, 1.165) is 16.9 Å². The number of carbonyl (C=O) groups excluding carboxylic acids is 2. The number of hydrogen-bond acceptors (Lipinski definition) is 6. The van der Waals surface area contributed by atoms with E-state index in [-0.39, 0.29) is 17.6 Å². The van der Waals surface area contributed by atoms with Crippen molar-refractivity contribution in [2.24, 2.45) is 0 Å². The van der Waals surface area contributed by atoms with Crippen molar-refractivity contribution in [1.82, 2.24) is 0 Å². The van der Waals surface area contributed by atoms with Crippen LogP contribution in [0.25, 0.3) is 6.08 Å². The SMILES string of the molecule is CC1Oc2ccccc2C=C1/C=C1\Oc2cc(OC(=O)c3cccs3)ccc2C1=O. The third-order valence-electron chi connectivity index (χ3n) is 4.89. The van der Waals surface area contributed by atoms with Crippen LogP contribution in [0.15, 0.2) is 77.4 Å². The molecule has 0 fully saturated rings. The summed E-state index contributed by atoms with van der Waals surface area (Å²) in [5.74, 6) is 1.06. The second-order valence-electron chi connectivity index (χ2n) is 6.91. The summed E-state index contributed by atoms with van der Waals surface area (Å²) in [6, 6.07) is 16.0. The quantitative estimate of drug-likeness (QED) is 0.330. The van der Waals surface area contributed by atoms with Crippen molar-refractivity contribution in [3.8, 4) is 17.2 Å². The van der Waals surface area contributed by atoms with Gasteiger partial charge >= 0.3 is 5.97 Å². The van der Waals surface area contributed by atoms with Gasteiger partial charge in [-0.3, -0.25) is 4.79 Å². The molecule has 0 aliphatic carbocycles. The van der Waals surface area contributed by atoms with E-state index in [1.807, 2.05) is 37.3 Å². The minimum atomic E-state index is -0.443. The van der Waals surface area contributed by atoms with Gasteiger partial charge in [-0.15, -0.1) is 11.3 Å². The molecular weight excluding hydrogens is 400 g/mol. The summed E-state index contributed by atoms with van der Waals surface area (Å²) in [5.41, 5.74) is 2.23. The van der Waals surface area contributed by atoms with Gasteiger partial charge in [0.1, 0.15) is 28.2 Å². The number of fused-ring (bicyclic) bond motifs is 2. The van der Waals surface area contributed by atoms with Crippen LogP contribution < -0.4 is 14.2 Å². The van der Waals surface area contributed by atoms with Crippen LogP contribution in [0.4, 0.5) is 0 Å². The van der Waals surface area contributed by atoms with Crippen molar-refractivity contribution in [2.45, 2.75) is 13.0 Å². The highest BCUT2D eigenvalue weighted by Crippen LogP contribution is 2.36. The number of para-hydroxylation sites is 1. The molecule has 5 rings (SSSR count). The number of Topliss-reactive ketones (excluding diaryl/α,β-unsaturated/α-hetero) is 1. The molecule has 2 aliphatic heterocycles. The molecule has 5 nitrogen and oxygen atoms in total. The fourth-order valence-electron chi connectivity index (χ4n) is 3.36. The molecule has 3 aromatic rings. The molecule has 2 aliphatic rings. The number of ketones is 1. The van der Waals surface area contributed by atoms with E-state index in [0.29, 0.717) is 21.9 Å². The highest BCUT2D eigenvalue weighted by Gasteiger charge is 2.29. The van der Waals surface area contributed by atoms with E-state index in [1.165, 1.54) is 11.3 Å². The van der Waals surface area contributed by atoms with E-state index in [2.05, 4.69) is 0 Å². The smallest absolute Gasteiger partial charge is 0.353 e. The van der Waals surface area contributed by atoms with Crippen LogP contribution in [-0.2, 0) is 0 Å². The van der Waals surface area contributed by atoms with Gasteiger partial charge in [-0.2, -0.15) is 0 Å². The van der Waals surface area contributed by atoms with Gasteiger partial charge < -0.3 is 14.2 Å². The molecule has 0 radical (unpaired) electrons. The molecule has 0 saturated heterocycles. The Balaban J connectivity index is 1.40. The molecule has 0 amide bonds. The van der Waals surface area contributed by atoms with Crippen LogP contribution in [0.5, 0.6) is 17.2 Å². The molecule has 1 aromatic heterocycles. The topological polar surface area (TPSA) is 61.8 Å². The van der Waals surface area contributed by atoms with Gasteiger partial charge in [0.15, 0.2) is 5.76 Å². The van der Waals surface area contributed by atoms with Crippen LogP contribution >= 0.6 is 11.3 Å². The Morgan fingerprint density at radius 3 is 2.80 bits per heavy atom. The summed E-state index contributed by atoms with van der Waals surface area (Å²) in [6.45, 7) is 1.92. The number of rotatable bonds is 3. The Morgan fingerprint density at radius 1 is 1.10 bits per heavy atom. The van der Waals surface area contributed by atoms with E-state index >= 15 is 0 Å². The molecule has 0 spiro atoms. The average molecular weight is 416 g/mol. The monoisotopic (exact) mass is 416 g/mol. The Hall–Kier alpha value is -3.64. The Morgan fingerprint density at radius 2 is 1.97 bits per heavy atom. The zero-order valence-electron chi connectivity index (χ0n) is 16.0. The maximum atomic E-state index is 12.8. The molecule has 0 bridgehead atoms.